The lowest BCUT2D eigenvalue weighted by Gasteiger charge is -2.11. The van der Waals surface area contributed by atoms with Gasteiger partial charge in [-0.2, -0.15) is 18.4 Å². The molecule has 22 heteroatoms. The SMILES string of the molecule is CCc1ccc(S(=O)(=O)Nc2ccc(CCc3ccccc3C(=O)O)cc2)cc1.N#Cc1ccccc1S(=O)(=O)Nc1ccc(CCc2ccccc2C(=O)O)cc1.O=C(O)c1ccccc1CCc1ccc(NS(=O)(=O)c2ccc(C(F)(F)F)cc2)cc1. The molecular formula is C67H59F3N4O12S3. The highest BCUT2D eigenvalue weighted by Crippen LogP contribution is 2.31. The molecule has 0 fully saturated rings. The summed E-state index contributed by atoms with van der Waals surface area (Å²) in [4.78, 5) is 33.7. The Morgan fingerprint density at radius 1 is 0.404 bits per heavy atom. The molecule has 0 bridgehead atoms. The average Bonchev–Trinajstić information content (AvgIpc) is 2.83. The zero-order valence-electron chi connectivity index (χ0n) is 47.6. The van der Waals surface area contributed by atoms with E-state index in [1.807, 2.05) is 49.4 Å². The van der Waals surface area contributed by atoms with Crippen LogP contribution in [0.15, 0.2) is 233 Å². The van der Waals surface area contributed by atoms with Gasteiger partial charge in [-0.1, -0.05) is 122 Å². The summed E-state index contributed by atoms with van der Waals surface area (Å²) in [5.41, 5.74) is 7.24. The Kier molecular flexibility index (Phi) is 22.4. The second-order valence-corrected chi connectivity index (χ2v) is 24.9. The van der Waals surface area contributed by atoms with E-state index in [-0.39, 0.29) is 37.1 Å². The van der Waals surface area contributed by atoms with Gasteiger partial charge in [-0.15, -0.1) is 0 Å². The van der Waals surface area contributed by atoms with Crippen LogP contribution in [0.5, 0.6) is 0 Å². The lowest BCUT2D eigenvalue weighted by molar-refractivity contribution is -0.137. The van der Waals surface area contributed by atoms with Crippen LogP contribution in [0.25, 0.3) is 0 Å². The smallest absolute Gasteiger partial charge is 0.416 e. The number of sulfonamides is 3. The highest BCUT2D eigenvalue weighted by atomic mass is 32.2. The van der Waals surface area contributed by atoms with Crippen molar-refractivity contribution in [2.24, 2.45) is 0 Å². The van der Waals surface area contributed by atoms with Gasteiger partial charge in [0.05, 0.1) is 37.6 Å². The summed E-state index contributed by atoms with van der Waals surface area (Å²) in [6, 6.07) is 59.0. The highest BCUT2D eigenvalue weighted by Gasteiger charge is 2.31. The molecule has 9 rings (SSSR count). The Hall–Kier alpha value is -10.1. The van der Waals surface area contributed by atoms with Gasteiger partial charge in [-0.05, 0) is 187 Å². The molecule has 0 radical (unpaired) electrons. The Bertz CT molecular complexity index is 4340. The minimum absolute atomic E-state index is 0.0724. The van der Waals surface area contributed by atoms with E-state index in [1.165, 1.54) is 18.2 Å². The summed E-state index contributed by atoms with van der Waals surface area (Å²) >= 11 is 0. The fraction of sp³-hybridized carbons (Fsp3) is 0.134. The van der Waals surface area contributed by atoms with E-state index in [0.717, 1.165) is 51.9 Å². The van der Waals surface area contributed by atoms with Crippen molar-refractivity contribution in [3.8, 4) is 6.07 Å². The first-order chi connectivity index (χ1) is 42.3. The molecule has 0 atom stereocenters. The van der Waals surface area contributed by atoms with Gasteiger partial charge in [0.2, 0.25) is 0 Å². The molecule has 0 heterocycles. The maximum Gasteiger partial charge on any atom is 0.416 e. The number of nitrogens with one attached hydrogen (secondary N) is 3. The number of nitriles is 1. The molecular weight excluding hydrogens is 1210 g/mol. The minimum Gasteiger partial charge on any atom is -0.478 e. The highest BCUT2D eigenvalue weighted by molar-refractivity contribution is 7.93. The molecule has 9 aromatic rings. The molecule has 0 saturated carbocycles. The van der Waals surface area contributed by atoms with E-state index in [1.54, 1.807) is 140 Å². The number of benzene rings is 9. The standard InChI is InChI=1S/C23H23NO4S.C22H18F3NO4S.C22H18N2O4S/c1-2-17-10-15-21(16-11-17)29(27,28)24-20-13-8-18(9-14-20)7-12-19-5-3-4-6-22(19)23(25)26;23-22(24,25)17-9-13-19(14-10-17)31(29,30)26-18-11-6-15(7-12-18)5-8-16-3-1-2-4-20(16)21(27)28;23-15-18-6-2-4-8-21(18)29(27,28)24-19-13-10-16(11-14-19)9-12-17-5-1-3-7-20(17)22(25)26/h3-6,8-11,13-16,24H,2,7,12H2,1H3,(H,25,26);1-4,6-7,9-14,26H,5,8H2,(H,27,28);1-8,10-11,13-14,24H,9,12H2,(H,25,26). The van der Waals surface area contributed by atoms with Crippen LogP contribution in [0.1, 0.15) is 88.1 Å². The van der Waals surface area contributed by atoms with Crippen LogP contribution in [-0.2, 0) is 81.2 Å². The summed E-state index contributed by atoms with van der Waals surface area (Å²) in [6.07, 6.45) is -0.206. The number of halogens is 3. The van der Waals surface area contributed by atoms with Gasteiger partial charge in [0, 0.05) is 17.1 Å². The van der Waals surface area contributed by atoms with Gasteiger partial charge in [0.25, 0.3) is 30.1 Å². The predicted octanol–water partition coefficient (Wildman–Crippen LogP) is 13.4. The molecule has 0 aliphatic rings. The summed E-state index contributed by atoms with van der Waals surface area (Å²) in [5.74, 6) is -2.89. The first-order valence-electron chi connectivity index (χ1n) is 27.4. The maximum atomic E-state index is 12.6. The molecule has 6 N–H and O–H groups in total. The zero-order valence-corrected chi connectivity index (χ0v) is 50.0. The lowest BCUT2D eigenvalue weighted by atomic mass is 10.00. The van der Waals surface area contributed by atoms with Crippen LogP contribution in [0.3, 0.4) is 0 Å². The first kappa shape index (κ1) is 66.4. The van der Waals surface area contributed by atoms with Crippen molar-refractivity contribution < 1.29 is 68.1 Å². The second-order valence-electron chi connectivity index (χ2n) is 19.9. The quantitative estimate of drug-likeness (QED) is 0.0369. The van der Waals surface area contributed by atoms with Crippen molar-refractivity contribution in [2.45, 2.75) is 72.7 Å². The molecule has 89 heavy (non-hydrogen) atoms. The Morgan fingerprint density at radius 2 is 0.708 bits per heavy atom. The molecule has 0 amide bonds. The van der Waals surface area contributed by atoms with Crippen molar-refractivity contribution in [2.75, 3.05) is 14.2 Å². The normalized spacial score (nSPS) is 11.3. The molecule has 0 spiro atoms. The number of rotatable bonds is 22. The number of aryl methyl sites for hydroxylation is 7. The van der Waals surface area contributed by atoms with E-state index in [4.69, 9.17) is 5.26 Å². The molecule has 0 saturated heterocycles. The van der Waals surface area contributed by atoms with Gasteiger partial charge in [-0.25, -0.2) is 39.6 Å². The summed E-state index contributed by atoms with van der Waals surface area (Å²) in [6.45, 7) is 2.02. The van der Waals surface area contributed by atoms with Crippen LogP contribution in [0, 0.1) is 11.3 Å². The number of hydrogen-bond donors (Lipinski definition) is 6. The number of carboxylic acids is 3. The van der Waals surface area contributed by atoms with Crippen molar-refractivity contribution in [1.82, 2.24) is 0 Å². The molecule has 0 unspecified atom stereocenters. The largest absolute Gasteiger partial charge is 0.478 e. The van der Waals surface area contributed by atoms with Crippen LogP contribution in [0.2, 0.25) is 0 Å². The monoisotopic (exact) mass is 1260 g/mol. The van der Waals surface area contributed by atoms with Gasteiger partial charge in [-0.3, -0.25) is 14.2 Å². The van der Waals surface area contributed by atoms with E-state index >= 15 is 0 Å². The lowest BCUT2D eigenvalue weighted by Crippen LogP contribution is -2.14. The van der Waals surface area contributed by atoms with Crippen LogP contribution >= 0.6 is 0 Å². The van der Waals surface area contributed by atoms with E-state index in [2.05, 4.69) is 14.2 Å². The third kappa shape index (κ3) is 19.0. The summed E-state index contributed by atoms with van der Waals surface area (Å²) in [7, 11) is -11.6. The zero-order chi connectivity index (χ0) is 64.4. The third-order valence-corrected chi connectivity index (χ3v) is 18.1. The molecule has 0 aliphatic heterocycles. The third-order valence-electron chi connectivity index (χ3n) is 13.8. The number of nitrogens with zero attached hydrogens (tertiary/aromatic N) is 1. The van der Waals surface area contributed by atoms with Crippen LogP contribution in [0.4, 0.5) is 30.2 Å². The fourth-order valence-corrected chi connectivity index (χ4v) is 12.4. The van der Waals surface area contributed by atoms with E-state index < -0.39 is 59.7 Å². The number of alkyl halides is 3. The predicted molar refractivity (Wildman–Crippen MR) is 333 cm³/mol. The van der Waals surface area contributed by atoms with Crippen molar-refractivity contribution in [3.05, 3.63) is 285 Å². The molecule has 9 aromatic carbocycles. The molecule has 16 nitrogen and oxygen atoms in total. The average molecular weight is 1270 g/mol. The molecule has 0 aliphatic carbocycles. The number of carbonyl (C=O) groups is 3. The Balaban J connectivity index is 0.000000190. The van der Waals surface area contributed by atoms with Gasteiger partial charge < -0.3 is 15.3 Å². The van der Waals surface area contributed by atoms with E-state index in [9.17, 15) is 68.1 Å². The second kappa shape index (κ2) is 30.0. The fourth-order valence-electron chi connectivity index (χ4n) is 9.06. The Morgan fingerprint density at radius 3 is 1.03 bits per heavy atom. The summed E-state index contributed by atoms with van der Waals surface area (Å²) < 4.78 is 120. The number of anilines is 3. The van der Waals surface area contributed by atoms with Crippen LogP contribution in [-0.4, -0.2) is 58.5 Å². The van der Waals surface area contributed by atoms with Gasteiger partial charge in [0.1, 0.15) is 11.0 Å². The molecule has 0 aromatic heterocycles. The van der Waals surface area contributed by atoms with Crippen molar-refractivity contribution in [3.63, 3.8) is 0 Å². The van der Waals surface area contributed by atoms with Crippen molar-refractivity contribution in [1.29, 1.82) is 5.26 Å². The van der Waals surface area contributed by atoms with Crippen molar-refractivity contribution >= 4 is 65.0 Å². The van der Waals surface area contributed by atoms with E-state index in [0.29, 0.717) is 73.2 Å². The number of hydrogen-bond acceptors (Lipinski definition) is 10. The number of carboxylic acid groups (broad SMARTS) is 3. The maximum absolute atomic E-state index is 12.6. The van der Waals surface area contributed by atoms with Crippen LogP contribution < -0.4 is 14.2 Å². The molecule has 458 valence electrons. The first-order valence-corrected chi connectivity index (χ1v) is 31.8. The minimum atomic E-state index is -4.55. The number of aromatic carboxylic acids is 3. The summed E-state index contributed by atoms with van der Waals surface area (Å²) in [5, 5.41) is 36.9. The topological polar surface area (TPSA) is 274 Å². The van der Waals surface area contributed by atoms with Gasteiger partial charge >= 0.3 is 24.1 Å². The van der Waals surface area contributed by atoms with Gasteiger partial charge in [0.15, 0.2) is 0 Å². The Labute approximate surface area is 513 Å².